The van der Waals surface area contributed by atoms with Gasteiger partial charge in [-0.05, 0) is 23.8 Å². The maximum atomic E-state index is 11.2. The molecule has 0 atom stereocenters. The van der Waals surface area contributed by atoms with Crippen molar-refractivity contribution in [1.29, 1.82) is 0 Å². The molecule has 0 saturated heterocycles. The van der Waals surface area contributed by atoms with Crippen molar-refractivity contribution in [2.75, 3.05) is 7.11 Å². The number of ether oxygens (including phenoxy) is 1. The Labute approximate surface area is 125 Å². The summed E-state index contributed by atoms with van der Waals surface area (Å²) in [6.07, 6.45) is 2.47. The van der Waals surface area contributed by atoms with Crippen molar-refractivity contribution < 1.29 is 9.53 Å². The molecule has 2 heterocycles. The predicted molar refractivity (Wildman–Crippen MR) is 81.7 cm³/mol. The number of fused-ring (bicyclic) bond motifs is 1. The number of hydrogen-bond acceptors (Lipinski definition) is 5. The fourth-order valence-corrected chi connectivity index (χ4v) is 3.05. The number of amides is 1. The maximum Gasteiger partial charge on any atom is 0.248 e. The fourth-order valence-electron chi connectivity index (χ4n) is 2.01. The van der Waals surface area contributed by atoms with Gasteiger partial charge in [-0.1, -0.05) is 6.07 Å². The van der Waals surface area contributed by atoms with Gasteiger partial charge in [0.15, 0.2) is 0 Å². The Morgan fingerprint density at radius 2 is 2.19 bits per heavy atom. The van der Waals surface area contributed by atoms with Crippen molar-refractivity contribution in [3.05, 3.63) is 52.7 Å². The van der Waals surface area contributed by atoms with E-state index in [0.29, 0.717) is 17.9 Å². The zero-order valence-corrected chi connectivity index (χ0v) is 12.2. The molecule has 0 aliphatic heterocycles. The number of nitrogens with two attached hydrogens (primary N) is 1. The molecule has 3 rings (SSSR count). The van der Waals surface area contributed by atoms with Gasteiger partial charge in [0, 0.05) is 24.2 Å². The van der Waals surface area contributed by atoms with Gasteiger partial charge in [0.25, 0.3) is 0 Å². The largest absolute Gasteiger partial charge is 0.481 e. The highest BCUT2D eigenvalue weighted by molar-refractivity contribution is 7.18. The van der Waals surface area contributed by atoms with Crippen LogP contribution < -0.4 is 10.5 Å². The maximum absolute atomic E-state index is 11.2. The lowest BCUT2D eigenvalue weighted by Crippen LogP contribution is -2.10. The monoisotopic (exact) mass is 299 g/mol. The molecule has 0 spiro atoms. The number of primary amides is 1. The molecule has 1 amide bonds. The zero-order valence-electron chi connectivity index (χ0n) is 11.4. The Morgan fingerprint density at radius 1 is 1.33 bits per heavy atom. The molecule has 0 saturated carbocycles. The van der Waals surface area contributed by atoms with Gasteiger partial charge in [-0.25, -0.2) is 9.97 Å². The first-order valence-corrected chi connectivity index (χ1v) is 7.15. The van der Waals surface area contributed by atoms with Crippen LogP contribution >= 0.6 is 11.3 Å². The molecular weight excluding hydrogens is 286 g/mol. The van der Waals surface area contributed by atoms with Crippen LogP contribution in [0.1, 0.15) is 20.9 Å². The zero-order chi connectivity index (χ0) is 14.8. The highest BCUT2D eigenvalue weighted by Crippen LogP contribution is 2.25. The molecule has 2 aromatic heterocycles. The average molecular weight is 299 g/mol. The third kappa shape index (κ3) is 2.85. The minimum Gasteiger partial charge on any atom is -0.481 e. The molecule has 2 N–H and O–H groups in total. The first-order chi connectivity index (χ1) is 10.2. The number of nitrogens with zero attached hydrogens (tertiary/aromatic N) is 2. The quantitative estimate of drug-likeness (QED) is 0.802. The SMILES string of the molecule is COc1ccc(Cc2nc3ccc(C(N)=O)cc3s2)cn1. The van der Waals surface area contributed by atoms with Crippen LogP contribution in [0.25, 0.3) is 10.2 Å². The third-order valence-corrected chi connectivity index (χ3v) is 4.10. The Hall–Kier alpha value is -2.47. The number of methoxy groups -OCH3 is 1. The van der Waals surface area contributed by atoms with E-state index in [1.165, 1.54) is 0 Å². The second-order valence-electron chi connectivity index (χ2n) is 4.54. The number of rotatable bonds is 4. The second kappa shape index (κ2) is 5.49. The minimum atomic E-state index is -0.425. The van der Waals surface area contributed by atoms with Crippen molar-refractivity contribution in [1.82, 2.24) is 9.97 Å². The molecule has 5 nitrogen and oxygen atoms in total. The van der Waals surface area contributed by atoms with Crippen LogP contribution in [-0.4, -0.2) is 23.0 Å². The summed E-state index contributed by atoms with van der Waals surface area (Å²) >= 11 is 1.56. The van der Waals surface area contributed by atoms with Gasteiger partial charge in [-0.15, -0.1) is 11.3 Å². The number of pyridine rings is 1. The number of carbonyl (C=O) groups excluding carboxylic acids is 1. The summed E-state index contributed by atoms with van der Waals surface area (Å²) in [7, 11) is 1.59. The smallest absolute Gasteiger partial charge is 0.248 e. The molecule has 0 aliphatic rings. The van der Waals surface area contributed by atoms with E-state index in [0.717, 1.165) is 20.8 Å². The lowest BCUT2D eigenvalue weighted by atomic mass is 10.2. The van der Waals surface area contributed by atoms with Crippen molar-refractivity contribution >= 4 is 27.5 Å². The van der Waals surface area contributed by atoms with E-state index in [1.807, 2.05) is 18.2 Å². The average Bonchev–Trinajstić information content (AvgIpc) is 2.89. The van der Waals surface area contributed by atoms with E-state index in [2.05, 4.69) is 9.97 Å². The van der Waals surface area contributed by atoms with E-state index in [9.17, 15) is 4.79 Å². The molecule has 0 radical (unpaired) electrons. The molecular formula is C15H13N3O2S. The molecule has 6 heteroatoms. The Balaban J connectivity index is 1.88. The van der Waals surface area contributed by atoms with Crippen molar-refractivity contribution in [3.8, 4) is 5.88 Å². The highest BCUT2D eigenvalue weighted by atomic mass is 32.1. The molecule has 1 aromatic carbocycles. The lowest BCUT2D eigenvalue weighted by Gasteiger charge is -2.00. The van der Waals surface area contributed by atoms with Gasteiger partial charge in [-0.3, -0.25) is 4.79 Å². The molecule has 3 aromatic rings. The molecule has 0 unspecified atom stereocenters. The van der Waals surface area contributed by atoms with E-state index in [4.69, 9.17) is 10.5 Å². The third-order valence-electron chi connectivity index (χ3n) is 3.08. The van der Waals surface area contributed by atoms with E-state index >= 15 is 0 Å². The van der Waals surface area contributed by atoms with Crippen LogP contribution in [0.2, 0.25) is 0 Å². The first kappa shape index (κ1) is 13.5. The highest BCUT2D eigenvalue weighted by Gasteiger charge is 2.08. The predicted octanol–water partition coefficient (Wildman–Crippen LogP) is 2.39. The number of thiazole rings is 1. The Bertz CT molecular complexity index is 796. The minimum absolute atomic E-state index is 0.425. The summed E-state index contributed by atoms with van der Waals surface area (Å²) in [5, 5.41) is 0.971. The number of hydrogen-bond donors (Lipinski definition) is 1. The van der Waals surface area contributed by atoms with Crippen LogP contribution in [0, 0.1) is 0 Å². The second-order valence-corrected chi connectivity index (χ2v) is 5.66. The van der Waals surface area contributed by atoms with Crippen molar-refractivity contribution in [2.45, 2.75) is 6.42 Å². The Morgan fingerprint density at radius 3 is 2.86 bits per heavy atom. The summed E-state index contributed by atoms with van der Waals surface area (Å²) in [5.74, 6) is 0.167. The van der Waals surface area contributed by atoms with Gasteiger partial charge < -0.3 is 10.5 Å². The van der Waals surface area contributed by atoms with Crippen LogP contribution in [0.15, 0.2) is 36.5 Å². The van der Waals surface area contributed by atoms with Gasteiger partial charge in [-0.2, -0.15) is 0 Å². The number of benzene rings is 1. The van der Waals surface area contributed by atoms with Gasteiger partial charge in [0.2, 0.25) is 11.8 Å². The molecule has 0 fully saturated rings. The summed E-state index contributed by atoms with van der Waals surface area (Å²) in [5.41, 5.74) is 7.73. The number of aromatic nitrogens is 2. The van der Waals surface area contributed by atoms with Crippen LogP contribution in [-0.2, 0) is 6.42 Å². The topological polar surface area (TPSA) is 78.1 Å². The van der Waals surface area contributed by atoms with Crippen molar-refractivity contribution in [2.24, 2.45) is 5.73 Å². The van der Waals surface area contributed by atoms with Crippen LogP contribution in [0.4, 0.5) is 0 Å². The van der Waals surface area contributed by atoms with E-state index in [-0.39, 0.29) is 0 Å². The fraction of sp³-hybridized carbons (Fsp3) is 0.133. The van der Waals surface area contributed by atoms with Crippen LogP contribution in [0.3, 0.4) is 0 Å². The normalized spacial score (nSPS) is 10.7. The van der Waals surface area contributed by atoms with Gasteiger partial charge in [0.1, 0.15) is 0 Å². The van der Waals surface area contributed by atoms with Gasteiger partial charge in [0.05, 0.1) is 22.3 Å². The van der Waals surface area contributed by atoms with E-state index < -0.39 is 5.91 Å². The molecule has 0 aliphatic carbocycles. The summed E-state index contributed by atoms with van der Waals surface area (Å²) in [4.78, 5) is 19.9. The first-order valence-electron chi connectivity index (χ1n) is 6.34. The molecule has 106 valence electrons. The van der Waals surface area contributed by atoms with Crippen molar-refractivity contribution in [3.63, 3.8) is 0 Å². The van der Waals surface area contributed by atoms with E-state index in [1.54, 1.807) is 36.8 Å². The van der Waals surface area contributed by atoms with Gasteiger partial charge >= 0.3 is 0 Å². The lowest BCUT2D eigenvalue weighted by molar-refractivity contribution is 0.100. The van der Waals surface area contributed by atoms with Crippen LogP contribution in [0.5, 0.6) is 5.88 Å². The Kier molecular flexibility index (Phi) is 3.53. The molecule has 0 bridgehead atoms. The summed E-state index contributed by atoms with van der Waals surface area (Å²) in [6, 6.07) is 9.09. The molecule has 21 heavy (non-hydrogen) atoms. The standard InChI is InChI=1S/C15H13N3O2S/c1-20-13-5-2-9(8-17-13)6-14-18-11-4-3-10(15(16)19)7-12(11)21-14/h2-5,7-8H,6H2,1H3,(H2,16,19). The summed E-state index contributed by atoms with van der Waals surface area (Å²) in [6.45, 7) is 0. The summed E-state index contributed by atoms with van der Waals surface area (Å²) < 4.78 is 6.00. The number of carbonyl (C=O) groups is 1.